The molecule has 2 aliphatic rings. The molecule has 1 atom stereocenters. The van der Waals surface area contributed by atoms with E-state index in [9.17, 15) is 9.59 Å². The van der Waals surface area contributed by atoms with Crippen LogP contribution in [0.3, 0.4) is 0 Å². The van der Waals surface area contributed by atoms with Crippen LogP contribution in [0, 0.1) is 0 Å². The summed E-state index contributed by atoms with van der Waals surface area (Å²) in [6, 6.07) is 7.66. The number of hydrogen-bond donors (Lipinski definition) is 1. The SMILES string of the molecule is O=C(O)CCCCOc1ccc(C(=O)N2CCC[C@H]2CN2CCCC2)cc1. The van der Waals surface area contributed by atoms with E-state index in [4.69, 9.17) is 9.84 Å². The molecule has 1 aromatic carbocycles. The number of amides is 1. The minimum atomic E-state index is -0.775. The number of likely N-dealkylation sites (tertiary alicyclic amines) is 2. The third-order valence-electron chi connectivity index (χ3n) is 5.46. The number of rotatable bonds is 9. The lowest BCUT2D eigenvalue weighted by molar-refractivity contribution is -0.137. The van der Waals surface area contributed by atoms with Crippen molar-refractivity contribution in [3.8, 4) is 5.75 Å². The van der Waals surface area contributed by atoms with E-state index in [0.29, 0.717) is 31.1 Å². The summed E-state index contributed by atoms with van der Waals surface area (Å²) in [6.07, 6.45) is 6.22. The molecule has 0 spiro atoms. The maximum atomic E-state index is 12.9. The molecule has 2 heterocycles. The van der Waals surface area contributed by atoms with E-state index >= 15 is 0 Å². The average Bonchev–Trinajstić information content (AvgIpc) is 3.33. The van der Waals surface area contributed by atoms with Crippen LogP contribution in [-0.2, 0) is 4.79 Å². The van der Waals surface area contributed by atoms with E-state index in [1.54, 1.807) is 0 Å². The lowest BCUT2D eigenvalue weighted by Gasteiger charge is -2.28. The van der Waals surface area contributed by atoms with Crippen molar-refractivity contribution in [2.75, 3.05) is 32.8 Å². The summed E-state index contributed by atoms with van der Waals surface area (Å²) in [7, 11) is 0. The summed E-state index contributed by atoms with van der Waals surface area (Å²) < 4.78 is 5.63. The number of carbonyl (C=O) groups is 2. The van der Waals surface area contributed by atoms with Crippen LogP contribution in [0.1, 0.15) is 55.3 Å². The van der Waals surface area contributed by atoms with E-state index in [1.807, 2.05) is 29.2 Å². The second-order valence-corrected chi connectivity index (χ2v) is 7.53. The number of hydrogen-bond acceptors (Lipinski definition) is 4. The van der Waals surface area contributed by atoms with Crippen molar-refractivity contribution in [3.63, 3.8) is 0 Å². The van der Waals surface area contributed by atoms with Crippen molar-refractivity contribution in [3.05, 3.63) is 29.8 Å². The van der Waals surface area contributed by atoms with Gasteiger partial charge in [-0.2, -0.15) is 0 Å². The zero-order chi connectivity index (χ0) is 19.1. The van der Waals surface area contributed by atoms with Gasteiger partial charge in [0, 0.05) is 31.1 Å². The number of ether oxygens (including phenoxy) is 1. The molecule has 2 saturated heterocycles. The fourth-order valence-electron chi connectivity index (χ4n) is 3.98. The number of nitrogens with zero attached hydrogens (tertiary/aromatic N) is 2. The summed E-state index contributed by atoms with van der Waals surface area (Å²) >= 11 is 0. The summed E-state index contributed by atoms with van der Waals surface area (Å²) in [5.74, 6) is 0.0597. The highest BCUT2D eigenvalue weighted by atomic mass is 16.5. The van der Waals surface area contributed by atoms with E-state index in [-0.39, 0.29) is 12.3 Å². The van der Waals surface area contributed by atoms with Crippen LogP contribution >= 0.6 is 0 Å². The maximum absolute atomic E-state index is 12.9. The molecule has 0 radical (unpaired) electrons. The van der Waals surface area contributed by atoms with Crippen LogP contribution in [0.4, 0.5) is 0 Å². The molecule has 27 heavy (non-hydrogen) atoms. The van der Waals surface area contributed by atoms with Gasteiger partial charge in [0.25, 0.3) is 5.91 Å². The molecule has 1 amide bonds. The quantitative estimate of drug-likeness (QED) is 0.673. The molecular weight excluding hydrogens is 344 g/mol. The Balaban J connectivity index is 1.48. The minimum Gasteiger partial charge on any atom is -0.494 e. The first-order chi connectivity index (χ1) is 13.1. The molecule has 2 fully saturated rings. The molecule has 1 aromatic rings. The predicted molar refractivity (Wildman–Crippen MR) is 103 cm³/mol. The van der Waals surface area contributed by atoms with E-state index in [1.165, 1.54) is 12.8 Å². The monoisotopic (exact) mass is 374 g/mol. The molecule has 148 valence electrons. The first-order valence-electron chi connectivity index (χ1n) is 10.1. The first kappa shape index (κ1) is 19.7. The molecule has 6 heteroatoms. The number of carboxylic acids is 1. The van der Waals surface area contributed by atoms with Gasteiger partial charge < -0.3 is 19.6 Å². The Kier molecular flexibility index (Phi) is 7.10. The van der Waals surface area contributed by atoms with Crippen LogP contribution < -0.4 is 4.74 Å². The van der Waals surface area contributed by atoms with Crippen molar-refractivity contribution in [2.45, 2.75) is 51.0 Å². The van der Waals surface area contributed by atoms with E-state index < -0.39 is 5.97 Å². The van der Waals surface area contributed by atoms with Crippen LogP contribution in [0.15, 0.2) is 24.3 Å². The molecule has 0 unspecified atom stereocenters. The number of benzene rings is 1. The van der Waals surface area contributed by atoms with Gasteiger partial charge in [0.15, 0.2) is 0 Å². The van der Waals surface area contributed by atoms with Crippen molar-refractivity contribution in [1.82, 2.24) is 9.80 Å². The number of unbranched alkanes of at least 4 members (excludes halogenated alkanes) is 1. The molecule has 3 rings (SSSR count). The van der Waals surface area contributed by atoms with Crippen molar-refractivity contribution >= 4 is 11.9 Å². The zero-order valence-electron chi connectivity index (χ0n) is 15.9. The van der Waals surface area contributed by atoms with Crippen LogP contribution in [0.2, 0.25) is 0 Å². The van der Waals surface area contributed by atoms with Crippen molar-refractivity contribution in [2.24, 2.45) is 0 Å². The average molecular weight is 374 g/mol. The highest BCUT2D eigenvalue weighted by Gasteiger charge is 2.31. The van der Waals surface area contributed by atoms with Gasteiger partial charge in [-0.25, -0.2) is 0 Å². The second kappa shape index (κ2) is 9.74. The van der Waals surface area contributed by atoms with Crippen LogP contribution in [0.25, 0.3) is 0 Å². The minimum absolute atomic E-state index is 0.115. The Morgan fingerprint density at radius 1 is 1.04 bits per heavy atom. The third-order valence-corrected chi connectivity index (χ3v) is 5.46. The number of carbonyl (C=O) groups excluding carboxylic acids is 1. The first-order valence-corrected chi connectivity index (χ1v) is 10.1. The normalized spacial score (nSPS) is 20.1. The molecule has 1 N–H and O–H groups in total. The number of aliphatic carboxylic acids is 1. The summed E-state index contributed by atoms with van der Waals surface area (Å²) in [5.41, 5.74) is 0.710. The van der Waals surface area contributed by atoms with Gasteiger partial charge in [-0.05, 0) is 75.9 Å². The third kappa shape index (κ3) is 5.70. The van der Waals surface area contributed by atoms with Crippen LogP contribution in [0.5, 0.6) is 5.75 Å². The van der Waals surface area contributed by atoms with Gasteiger partial charge in [0.05, 0.1) is 6.61 Å². The van der Waals surface area contributed by atoms with Gasteiger partial charge in [0.1, 0.15) is 5.75 Å². The smallest absolute Gasteiger partial charge is 0.303 e. The summed E-state index contributed by atoms with van der Waals surface area (Å²) in [4.78, 5) is 27.9. The molecule has 6 nitrogen and oxygen atoms in total. The molecule has 0 aromatic heterocycles. The topological polar surface area (TPSA) is 70.1 Å². The van der Waals surface area contributed by atoms with E-state index in [0.717, 1.165) is 44.8 Å². The van der Waals surface area contributed by atoms with E-state index in [2.05, 4.69) is 4.90 Å². The zero-order valence-corrected chi connectivity index (χ0v) is 15.9. The summed E-state index contributed by atoms with van der Waals surface area (Å²) in [6.45, 7) is 4.67. The standard InChI is InChI=1S/C21H30N2O4/c24-20(25)7-1-4-15-27-19-10-8-17(9-11-19)21(26)23-14-5-6-18(23)16-22-12-2-3-13-22/h8-11,18H,1-7,12-16H2,(H,24,25)/t18-/m0/s1. The van der Waals surface area contributed by atoms with Gasteiger partial charge in [0.2, 0.25) is 0 Å². The van der Waals surface area contributed by atoms with Gasteiger partial charge in [-0.3, -0.25) is 9.59 Å². The Labute approximate surface area is 161 Å². The van der Waals surface area contributed by atoms with Gasteiger partial charge >= 0.3 is 5.97 Å². The van der Waals surface area contributed by atoms with Crippen molar-refractivity contribution in [1.29, 1.82) is 0 Å². The number of carboxylic acid groups (broad SMARTS) is 1. The highest BCUT2D eigenvalue weighted by Crippen LogP contribution is 2.23. The van der Waals surface area contributed by atoms with Gasteiger partial charge in [-0.15, -0.1) is 0 Å². The molecule has 0 aliphatic carbocycles. The Bertz CT molecular complexity index is 626. The molecule has 0 saturated carbocycles. The van der Waals surface area contributed by atoms with Gasteiger partial charge in [-0.1, -0.05) is 0 Å². The Hall–Kier alpha value is -2.08. The highest BCUT2D eigenvalue weighted by molar-refractivity contribution is 5.94. The van der Waals surface area contributed by atoms with Crippen molar-refractivity contribution < 1.29 is 19.4 Å². The Morgan fingerprint density at radius 3 is 2.48 bits per heavy atom. The molecular formula is C21H30N2O4. The second-order valence-electron chi connectivity index (χ2n) is 7.53. The maximum Gasteiger partial charge on any atom is 0.303 e. The lowest BCUT2D eigenvalue weighted by atomic mass is 10.1. The lowest BCUT2D eigenvalue weighted by Crippen LogP contribution is -2.42. The molecule has 2 aliphatic heterocycles. The summed E-state index contributed by atoms with van der Waals surface area (Å²) in [5, 5.41) is 8.62. The largest absolute Gasteiger partial charge is 0.494 e. The molecule has 0 bridgehead atoms. The predicted octanol–water partition coefficient (Wildman–Crippen LogP) is 3.02. The van der Waals surface area contributed by atoms with Crippen LogP contribution in [-0.4, -0.2) is 65.6 Å². The fraction of sp³-hybridized carbons (Fsp3) is 0.619. The Morgan fingerprint density at radius 2 is 1.78 bits per heavy atom. The fourth-order valence-corrected chi connectivity index (χ4v) is 3.98.